The van der Waals surface area contributed by atoms with Gasteiger partial charge >= 0.3 is 11.9 Å². The first kappa shape index (κ1) is 15.9. The summed E-state index contributed by atoms with van der Waals surface area (Å²) in [6, 6.07) is 0. The third-order valence-corrected chi connectivity index (χ3v) is 3.00. The summed E-state index contributed by atoms with van der Waals surface area (Å²) in [4.78, 5) is 34.7. The van der Waals surface area contributed by atoms with E-state index in [-0.39, 0.29) is 25.5 Å². The normalized spacial score (nSPS) is 10.2. The summed E-state index contributed by atoms with van der Waals surface area (Å²) in [5.41, 5.74) is 1.69. The fraction of sp³-hybridized carbons (Fsp3) is 0.500. The third-order valence-electron chi connectivity index (χ3n) is 3.00. The molecule has 6 nitrogen and oxygen atoms in total. The van der Waals surface area contributed by atoms with Gasteiger partial charge in [-0.2, -0.15) is 0 Å². The minimum absolute atomic E-state index is 0.123. The second kappa shape index (κ2) is 6.88. The van der Waals surface area contributed by atoms with Crippen molar-refractivity contribution in [1.29, 1.82) is 0 Å². The zero-order chi connectivity index (χ0) is 15.3. The topological polar surface area (TPSA) is 74.6 Å². The summed E-state index contributed by atoms with van der Waals surface area (Å²) < 4.78 is 11.3. The van der Waals surface area contributed by atoms with Gasteiger partial charge in [-0.25, -0.2) is 4.79 Å². The Kier molecular flexibility index (Phi) is 5.49. The maximum Gasteiger partial charge on any atom is 0.355 e. The average molecular weight is 281 g/mol. The van der Waals surface area contributed by atoms with Crippen molar-refractivity contribution in [2.24, 2.45) is 0 Å². The summed E-state index contributed by atoms with van der Waals surface area (Å²) in [5.74, 6) is -1.01. The number of nitrogens with zero attached hydrogens (tertiary/aromatic N) is 1. The van der Waals surface area contributed by atoms with Gasteiger partial charge in [0.25, 0.3) is 0 Å². The van der Waals surface area contributed by atoms with E-state index in [1.54, 1.807) is 27.7 Å². The molecule has 0 aliphatic rings. The maximum atomic E-state index is 12.0. The van der Waals surface area contributed by atoms with E-state index in [1.165, 1.54) is 4.57 Å². The van der Waals surface area contributed by atoms with Gasteiger partial charge in [-0.15, -0.1) is 0 Å². The van der Waals surface area contributed by atoms with Gasteiger partial charge in [0.05, 0.1) is 13.2 Å². The Morgan fingerprint density at radius 2 is 1.75 bits per heavy atom. The molecule has 0 saturated carbocycles. The minimum atomic E-state index is -0.550. The summed E-state index contributed by atoms with van der Waals surface area (Å²) in [6.45, 7) is 7.09. The molecule has 0 fully saturated rings. The number of carbonyl (C=O) groups excluding carboxylic acids is 3. The fourth-order valence-electron chi connectivity index (χ4n) is 2.08. The van der Waals surface area contributed by atoms with Crippen LogP contribution in [-0.4, -0.2) is 36.0 Å². The lowest BCUT2D eigenvalue weighted by Crippen LogP contribution is -2.20. The number of hydrogen-bond donors (Lipinski definition) is 0. The molecule has 110 valence electrons. The van der Waals surface area contributed by atoms with Crippen LogP contribution in [0, 0.1) is 13.8 Å². The quantitative estimate of drug-likeness (QED) is 0.585. The number of ether oxygens (including phenoxy) is 2. The second-order valence-corrected chi connectivity index (χ2v) is 4.20. The summed E-state index contributed by atoms with van der Waals surface area (Å²) in [5, 5.41) is 0. The van der Waals surface area contributed by atoms with Gasteiger partial charge < -0.3 is 14.0 Å². The van der Waals surface area contributed by atoms with Crippen molar-refractivity contribution in [2.75, 3.05) is 13.2 Å². The van der Waals surface area contributed by atoms with E-state index in [4.69, 9.17) is 9.47 Å². The molecule has 1 aromatic rings. The first-order valence-electron chi connectivity index (χ1n) is 6.45. The third kappa shape index (κ3) is 3.07. The Hall–Kier alpha value is -2.11. The highest BCUT2D eigenvalue weighted by molar-refractivity contribution is 5.94. The zero-order valence-electron chi connectivity index (χ0n) is 12.2. The molecule has 0 radical (unpaired) electrons. The molecule has 0 N–H and O–H groups in total. The SMILES string of the molecule is CCOC(=O)Cn1c(C)c(C=O)c(C)c1C(=O)OCC. The van der Waals surface area contributed by atoms with Crippen LogP contribution in [0.2, 0.25) is 0 Å². The van der Waals surface area contributed by atoms with E-state index in [2.05, 4.69) is 0 Å². The van der Waals surface area contributed by atoms with Crippen molar-refractivity contribution in [3.63, 3.8) is 0 Å². The molecule has 0 aromatic carbocycles. The van der Waals surface area contributed by atoms with E-state index in [1.807, 2.05) is 0 Å². The molecule has 0 amide bonds. The van der Waals surface area contributed by atoms with Gasteiger partial charge in [-0.3, -0.25) is 9.59 Å². The van der Waals surface area contributed by atoms with Gasteiger partial charge in [0.2, 0.25) is 0 Å². The van der Waals surface area contributed by atoms with Crippen molar-refractivity contribution in [1.82, 2.24) is 4.57 Å². The summed E-state index contributed by atoms with van der Waals surface area (Å²) >= 11 is 0. The van der Waals surface area contributed by atoms with Crippen molar-refractivity contribution >= 4 is 18.2 Å². The van der Waals surface area contributed by atoms with E-state index < -0.39 is 11.9 Å². The van der Waals surface area contributed by atoms with Gasteiger partial charge in [0, 0.05) is 11.3 Å². The lowest BCUT2D eigenvalue weighted by molar-refractivity contribution is -0.143. The molecule has 1 aromatic heterocycles. The minimum Gasteiger partial charge on any atom is -0.465 e. The summed E-state index contributed by atoms with van der Waals surface area (Å²) in [7, 11) is 0. The molecule has 20 heavy (non-hydrogen) atoms. The molecule has 0 bridgehead atoms. The van der Waals surface area contributed by atoms with Gasteiger partial charge in [-0.1, -0.05) is 0 Å². The largest absolute Gasteiger partial charge is 0.465 e. The van der Waals surface area contributed by atoms with Crippen LogP contribution < -0.4 is 0 Å². The lowest BCUT2D eigenvalue weighted by Gasteiger charge is -2.10. The highest BCUT2D eigenvalue weighted by Crippen LogP contribution is 2.21. The number of rotatable bonds is 6. The Morgan fingerprint density at radius 1 is 1.15 bits per heavy atom. The van der Waals surface area contributed by atoms with Gasteiger partial charge in [0.1, 0.15) is 12.2 Å². The molecule has 0 atom stereocenters. The maximum absolute atomic E-state index is 12.0. The first-order valence-corrected chi connectivity index (χ1v) is 6.45. The highest BCUT2D eigenvalue weighted by Gasteiger charge is 2.24. The number of aldehydes is 1. The van der Waals surface area contributed by atoms with Crippen LogP contribution in [-0.2, 0) is 20.8 Å². The van der Waals surface area contributed by atoms with Gasteiger partial charge in [-0.05, 0) is 33.3 Å². The molecular weight excluding hydrogens is 262 g/mol. The van der Waals surface area contributed by atoms with E-state index in [9.17, 15) is 14.4 Å². The van der Waals surface area contributed by atoms with Crippen LogP contribution in [0.4, 0.5) is 0 Å². The number of esters is 2. The van der Waals surface area contributed by atoms with Crippen LogP contribution >= 0.6 is 0 Å². The van der Waals surface area contributed by atoms with E-state index in [0.717, 1.165) is 0 Å². The molecular formula is C14H19NO5. The van der Waals surface area contributed by atoms with Gasteiger partial charge in [0.15, 0.2) is 6.29 Å². The predicted octanol–water partition coefficient (Wildman–Crippen LogP) is 1.66. The number of hydrogen-bond acceptors (Lipinski definition) is 5. The molecule has 0 aliphatic heterocycles. The summed E-state index contributed by atoms with van der Waals surface area (Å²) in [6.07, 6.45) is 0.676. The van der Waals surface area contributed by atoms with Crippen molar-refractivity contribution in [3.05, 3.63) is 22.5 Å². The van der Waals surface area contributed by atoms with E-state index >= 15 is 0 Å². The van der Waals surface area contributed by atoms with Crippen molar-refractivity contribution in [3.8, 4) is 0 Å². The van der Waals surface area contributed by atoms with Crippen LogP contribution in [0.25, 0.3) is 0 Å². The Balaban J connectivity index is 3.28. The standard InChI is InChI=1S/C14H19NO5/c1-5-19-12(17)7-15-10(4)11(8-16)9(3)13(15)14(18)20-6-2/h8H,5-7H2,1-4H3. The predicted molar refractivity (Wildman–Crippen MR) is 71.9 cm³/mol. The van der Waals surface area contributed by atoms with Crippen LogP contribution in [0.1, 0.15) is 46.0 Å². The highest BCUT2D eigenvalue weighted by atomic mass is 16.5. The second-order valence-electron chi connectivity index (χ2n) is 4.20. The molecule has 0 saturated heterocycles. The van der Waals surface area contributed by atoms with Crippen molar-refractivity contribution < 1.29 is 23.9 Å². The molecule has 0 aliphatic carbocycles. The molecule has 6 heteroatoms. The molecule has 1 heterocycles. The Morgan fingerprint density at radius 3 is 2.25 bits per heavy atom. The monoisotopic (exact) mass is 281 g/mol. The zero-order valence-corrected chi connectivity index (χ0v) is 12.2. The smallest absolute Gasteiger partial charge is 0.355 e. The van der Waals surface area contributed by atoms with E-state index in [0.29, 0.717) is 23.1 Å². The first-order chi connectivity index (χ1) is 9.47. The van der Waals surface area contributed by atoms with Crippen LogP contribution in [0.5, 0.6) is 0 Å². The van der Waals surface area contributed by atoms with Crippen LogP contribution in [0.3, 0.4) is 0 Å². The number of aromatic nitrogens is 1. The fourth-order valence-corrected chi connectivity index (χ4v) is 2.08. The van der Waals surface area contributed by atoms with Crippen LogP contribution in [0.15, 0.2) is 0 Å². The Bertz CT molecular complexity index is 530. The van der Waals surface area contributed by atoms with Crippen molar-refractivity contribution in [2.45, 2.75) is 34.2 Å². The Labute approximate surface area is 117 Å². The molecule has 0 unspecified atom stereocenters. The number of carbonyl (C=O) groups is 3. The molecule has 0 spiro atoms. The average Bonchev–Trinajstić information content (AvgIpc) is 2.61. The lowest BCUT2D eigenvalue weighted by atomic mass is 10.1. The molecule has 1 rings (SSSR count).